The van der Waals surface area contributed by atoms with Gasteiger partial charge in [0, 0.05) is 18.3 Å². The normalized spacial score (nSPS) is 12.2. The van der Waals surface area contributed by atoms with E-state index >= 15 is 0 Å². The maximum Gasteiger partial charge on any atom is 0.138 e. The van der Waals surface area contributed by atoms with Gasteiger partial charge in [-0.3, -0.25) is 4.98 Å². The van der Waals surface area contributed by atoms with Crippen molar-refractivity contribution in [3.8, 4) is 11.5 Å². The van der Waals surface area contributed by atoms with E-state index in [0.29, 0.717) is 12.2 Å². The van der Waals surface area contributed by atoms with Crippen molar-refractivity contribution in [1.82, 2.24) is 10.3 Å². The van der Waals surface area contributed by atoms with Gasteiger partial charge in [-0.2, -0.15) is 0 Å². The second-order valence-corrected chi connectivity index (χ2v) is 4.80. The zero-order chi connectivity index (χ0) is 14.5. The van der Waals surface area contributed by atoms with Crippen LogP contribution in [0.5, 0.6) is 11.5 Å². The highest BCUT2D eigenvalue weighted by molar-refractivity contribution is 5.31. The van der Waals surface area contributed by atoms with Crippen molar-refractivity contribution >= 4 is 0 Å². The van der Waals surface area contributed by atoms with Crippen LogP contribution in [0.4, 0.5) is 0 Å². The maximum absolute atomic E-state index is 9.78. The lowest BCUT2D eigenvalue weighted by Gasteiger charge is -2.15. The van der Waals surface area contributed by atoms with Gasteiger partial charge in [0.15, 0.2) is 0 Å². The Morgan fingerprint density at radius 2 is 2.10 bits per heavy atom. The SMILES string of the molecule is COc1cccc([C@H](C)NCc2nc(C)ccc2O)c1. The number of rotatable bonds is 5. The lowest BCUT2D eigenvalue weighted by molar-refractivity contribution is 0.413. The quantitative estimate of drug-likeness (QED) is 0.878. The molecule has 0 saturated heterocycles. The van der Waals surface area contributed by atoms with Crippen LogP contribution in [-0.4, -0.2) is 17.2 Å². The van der Waals surface area contributed by atoms with Crippen LogP contribution in [0.1, 0.15) is 29.9 Å². The summed E-state index contributed by atoms with van der Waals surface area (Å²) >= 11 is 0. The number of pyridine rings is 1. The van der Waals surface area contributed by atoms with Crippen LogP contribution in [0.2, 0.25) is 0 Å². The second-order valence-electron chi connectivity index (χ2n) is 4.80. The van der Waals surface area contributed by atoms with E-state index in [1.165, 1.54) is 0 Å². The summed E-state index contributed by atoms with van der Waals surface area (Å²) in [4.78, 5) is 4.33. The Balaban J connectivity index is 2.04. The predicted octanol–water partition coefficient (Wildman–Crippen LogP) is 2.96. The first-order valence-corrected chi connectivity index (χ1v) is 6.63. The molecule has 106 valence electrons. The van der Waals surface area contributed by atoms with Crippen LogP contribution in [0.25, 0.3) is 0 Å². The first-order chi connectivity index (χ1) is 9.60. The molecule has 20 heavy (non-hydrogen) atoms. The van der Waals surface area contributed by atoms with Crippen molar-refractivity contribution < 1.29 is 9.84 Å². The largest absolute Gasteiger partial charge is 0.506 e. The number of methoxy groups -OCH3 is 1. The number of benzene rings is 1. The van der Waals surface area contributed by atoms with Crippen molar-refractivity contribution in [2.24, 2.45) is 0 Å². The summed E-state index contributed by atoms with van der Waals surface area (Å²) in [6.07, 6.45) is 0. The number of nitrogens with one attached hydrogen (secondary N) is 1. The van der Waals surface area contributed by atoms with Gasteiger partial charge >= 0.3 is 0 Å². The molecular weight excluding hydrogens is 252 g/mol. The molecule has 0 aliphatic carbocycles. The molecule has 2 aromatic rings. The van der Waals surface area contributed by atoms with Gasteiger partial charge in [0.1, 0.15) is 11.5 Å². The lowest BCUT2D eigenvalue weighted by atomic mass is 10.1. The van der Waals surface area contributed by atoms with E-state index in [1.54, 1.807) is 19.2 Å². The molecule has 0 radical (unpaired) electrons. The second kappa shape index (κ2) is 6.39. The molecule has 0 unspecified atom stereocenters. The molecule has 1 atom stereocenters. The Morgan fingerprint density at radius 3 is 2.85 bits per heavy atom. The van der Waals surface area contributed by atoms with E-state index in [2.05, 4.69) is 17.2 Å². The number of aromatic nitrogens is 1. The molecule has 0 saturated carbocycles. The fourth-order valence-corrected chi connectivity index (χ4v) is 2.01. The number of aromatic hydroxyl groups is 1. The highest BCUT2D eigenvalue weighted by Gasteiger charge is 2.08. The van der Waals surface area contributed by atoms with Gasteiger partial charge in [-0.25, -0.2) is 0 Å². The summed E-state index contributed by atoms with van der Waals surface area (Å²) in [6.45, 7) is 4.50. The van der Waals surface area contributed by atoms with Crippen molar-refractivity contribution in [2.75, 3.05) is 7.11 Å². The van der Waals surface area contributed by atoms with E-state index in [4.69, 9.17) is 4.74 Å². The van der Waals surface area contributed by atoms with Gasteiger partial charge in [-0.1, -0.05) is 12.1 Å². The number of hydrogen-bond donors (Lipinski definition) is 2. The fraction of sp³-hybridized carbons (Fsp3) is 0.312. The topological polar surface area (TPSA) is 54.4 Å². The third-order valence-corrected chi connectivity index (χ3v) is 3.26. The zero-order valence-corrected chi connectivity index (χ0v) is 12.1. The standard InChI is InChI=1S/C16H20N2O2/c1-11-7-8-16(19)15(18-11)10-17-12(2)13-5-4-6-14(9-13)20-3/h4-9,12,17,19H,10H2,1-3H3/t12-/m0/s1. The average Bonchev–Trinajstić information content (AvgIpc) is 2.48. The molecule has 2 N–H and O–H groups in total. The van der Waals surface area contributed by atoms with Crippen LogP contribution < -0.4 is 10.1 Å². The van der Waals surface area contributed by atoms with Crippen molar-refractivity contribution in [2.45, 2.75) is 26.4 Å². The van der Waals surface area contributed by atoms with Crippen LogP contribution in [0, 0.1) is 6.92 Å². The molecule has 0 fully saturated rings. The van der Waals surface area contributed by atoms with Gasteiger partial charge in [0.2, 0.25) is 0 Å². The Bertz CT molecular complexity index is 584. The van der Waals surface area contributed by atoms with Crippen LogP contribution in [0.3, 0.4) is 0 Å². The summed E-state index contributed by atoms with van der Waals surface area (Å²) < 4.78 is 5.22. The van der Waals surface area contributed by atoms with Crippen LogP contribution in [0.15, 0.2) is 36.4 Å². The minimum atomic E-state index is 0.145. The first-order valence-electron chi connectivity index (χ1n) is 6.63. The third kappa shape index (κ3) is 3.48. The van der Waals surface area contributed by atoms with Gasteiger partial charge < -0.3 is 15.2 Å². The number of aryl methyl sites for hydroxylation is 1. The Morgan fingerprint density at radius 1 is 1.30 bits per heavy atom. The summed E-state index contributed by atoms with van der Waals surface area (Å²) in [5, 5.41) is 13.1. The van der Waals surface area contributed by atoms with E-state index in [1.807, 2.05) is 31.2 Å². The molecule has 2 rings (SSSR count). The number of ether oxygens (including phenoxy) is 1. The third-order valence-electron chi connectivity index (χ3n) is 3.26. The van der Waals surface area contributed by atoms with Gasteiger partial charge in [-0.15, -0.1) is 0 Å². The van der Waals surface area contributed by atoms with E-state index in [0.717, 1.165) is 17.0 Å². The van der Waals surface area contributed by atoms with Crippen LogP contribution >= 0.6 is 0 Å². The molecule has 0 aliphatic heterocycles. The molecule has 0 amide bonds. The molecule has 1 heterocycles. The first kappa shape index (κ1) is 14.3. The molecule has 0 bridgehead atoms. The Kier molecular flexibility index (Phi) is 4.58. The average molecular weight is 272 g/mol. The minimum absolute atomic E-state index is 0.145. The lowest BCUT2D eigenvalue weighted by Crippen LogP contribution is -2.19. The molecule has 4 nitrogen and oxygen atoms in total. The molecular formula is C16H20N2O2. The minimum Gasteiger partial charge on any atom is -0.506 e. The Labute approximate surface area is 119 Å². The van der Waals surface area contributed by atoms with Crippen molar-refractivity contribution in [3.63, 3.8) is 0 Å². The highest BCUT2D eigenvalue weighted by atomic mass is 16.5. The summed E-state index contributed by atoms with van der Waals surface area (Å²) in [5.74, 6) is 1.06. The van der Waals surface area contributed by atoms with Crippen LogP contribution in [-0.2, 0) is 6.54 Å². The number of nitrogens with zero attached hydrogens (tertiary/aromatic N) is 1. The van der Waals surface area contributed by atoms with Crippen molar-refractivity contribution in [3.05, 3.63) is 53.3 Å². The molecule has 1 aromatic heterocycles. The molecule has 0 spiro atoms. The fourth-order valence-electron chi connectivity index (χ4n) is 2.01. The highest BCUT2D eigenvalue weighted by Crippen LogP contribution is 2.20. The Hall–Kier alpha value is -2.07. The monoisotopic (exact) mass is 272 g/mol. The molecule has 1 aromatic carbocycles. The van der Waals surface area contributed by atoms with E-state index < -0.39 is 0 Å². The summed E-state index contributed by atoms with van der Waals surface area (Å²) in [5.41, 5.74) is 2.70. The van der Waals surface area contributed by atoms with Gasteiger partial charge in [-0.05, 0) is 43.7 Å². The van der Waals surface area contributed by atoms with E-state index in [9.17, 15) is 5.11 Å². The molecule has 0 aliphatic rings. The summed E-state index contributed by atoms with van der Waals surface area (Å²) in [6, 6.07) is 11.6. The number of hydrogen-bond acceptors (Lipinski definition) is 4. The zero-order valence-electron chi connectivity index (χ0n) is 12.1. The van der Waals surface area contributed by atoms with Gasteiger partial charge in [0.05, 0.1) is 12.8 Å². The predicted molar refractivity (Wildman–Crippen MR) is 78.9 cm³/mol. The van der Waals surface area contributed by atoms with Crippen molar-refractivity contribution in [1.29, 1.82) is 0 Å². The van der Waals surface area contributed by atoms with Gasteiger partial charge in [0.25, 0.3) is 0 Å². The smallest absolute Gasteiger partial charge is 0.138 e. The molecule has 4 heteroatoms. The maximum atomic E-state index is 9.78. The van der Waals surface area contributed by atoms with E-state index in [-0.39, 0.29) is 11.8 Å². The summed E-state index contributed by atoms with van der Waals surface area (Å²) in [7, 11) is 1.66.